The average molecular weight is 911 g/mol. The van der Waals surface area contributed by atoms with Crippen LogP contribution in [0.4, 0.5) is 0 Å². The highest BCUT2D eigenvalue weighted by molar-refractivity contribution is 5.73. The third-order valence-electron chi connectivity index (χ3n) is 11.1. The normalized spacial score (nSPS) is 49.0. The molecule has 2 amide bonds. The predicted octanol–water partition coefficient (Wildman–Crippen LogP) is -11.6. The van der Waals surface area contributed by atoms with Crippen LogP contribution in [0, 0.1) is 0 Å². The lowest BCUT2D eigenvalue weighted by Crippen LogP contribution is -2.69. The molecular weight excluding hydrogens is 852 g/mol. The van der Waals surface area contributed by atoms with Gasteiger partial charge in [0.15, 0.2) is 31.5 Å². The van der Waals surface area contributed by atoms with Gasteiger partial charge in [-0.2, -0.15) is 0 Å². The smallest absolute Gasteiger partial charge is 0.217 e. The second kappa shape index (κ2) is 22.0. The number of ether oxygens (including phenoxy) is 9. The van der Waals surface area contributed by atoms with E-state index in [1.807, 2.05) is 0 Å². The highest BCUT2D eigenvalue weighted by Gasteiger charge is 2.56. The maximum absolute atomic E-state index is 12.2. The molecule has 0 bridgehead atoms. The van der Waals surface area contributed by atoms with E-state index in [-0.39, 0.29) is 0 Å². The largest absolute Gasteiger partial charge is 0.394 e. The van der Waals surface area contributed by atoms with Gasteiger partial charge in [0.1, 0.15) is 122 Å². The van der Waals surface area contributed by atoms with E-state index in [4.69, 9.17) is 42.6 Å². The molecule has 28 heteroatoms. The molecule has 0 aromatic heterocycles. The molecule has 360 valence electrons. The number of amides is 2. The number of hydrogen-bond acceptors (Lipinski definition) is 26. The molecule has 62 heavy (non-hydrogen) atoms. The number of hydrogen-bond donors (Lipinski definition) is 17. The molecule has 0 radical (unpaired) electrons. The Labute approximate surface area is 351 Å². The number of carbonyl (C=O) groups is 2. The molecule has 28 nitrogen and oxygen atoms in total. The Morgan fingerprint density at radius 3 is 1.37 bits per heavy atom. The number of aliphatic hydroxyl groups excluding tert-OH is 15. The Bertz CT molecular complexity index is 1440. The summed E-state index contributed by atoms with van der Waals surface area (Å²) in [5.74, 6) is -1.38. The topological polar surface area (TPSA) is 445 Å². The average Bonchev–Trinajstić information content (AvgIpc) is 3.23. The molecular formula is C34H58N2O26. The van der Waals surface area contributed by atoms with Crippen molar-refractivity contribution in [3.05, 3.63) is 0 Å². The fourth-order valence-electron chi connectivity index (χ4n) is 7.73. The summed E-state index contributed by atoms with van der Waals surface area (Å²) < 4.78 is 50.3. The molecule has 25 atom stereocenters. The molecule has 0 aromatic carbocycles. The SMILES string of the molecule is CC(=O)N[C@H]1[C@H](OC[C@H]2OC(O)[C@H](NC(C)=O)[C@@H](O)[C@H]2O)O[C@H](CO)[C@@H](O[C@@H]2O[C@H](CO)[C@H](O[C@H]3O[C@H](CO)[C@H](O)[C@H](O[C@H]4O[C@H](CO)[C@H](O)[C@H](O)[C@H]4O)[C@H]3O)[C@H](O)[C@H]2O)[C@@H]1O. The Kier molecular flexibility index (Phi) is 18.1. The second-order valence-corrected chi connectivity index (χ2v) is 15.5. The predicted molar refractivity (Wildman–Crippen MR) is 190 cm³/mol. The Hall–Kier alpha value is -2.02. The Balaban J connectivity index is 1.26. The molecule has 17 N–H and O–H groups in total. The van der Waals surface area contributed by atoms with E-state index in [2.05, 4.69) is 10.6 Å². The summed E-state index contributed by atoms with van der Waals surface area (Å²) in [6, 6.07) is -2.95. The van der Waals surface area contributed by atoms with Crippen molar-refractivity contribution < 1.29 is 129 Å². The van der Waals surface area contributed by atoms with Crippen molar-refractivity contribution in [2.75, 3.05) is 33.0 Å². The van der Waals surface area contributed by atoms with Crippen LogP contribution < -0.4 is 10.6 Å². The summed E-state index contributed by atoms with van der Waals surface area (Å²) >= 11 is 0. The van der Waals surface area contributed by atoms with Crippen molar-refractivity contribution >= 4 is 11.8 Å². The van der Waals surface area contributed by atoms with Gasteiger partial charge in [0.25, 0.3) is 0 Å². The van der Waals surface area contributed by atoms with Gasteiger partial charge in [0.2, 0.25) is 11.8 Å². The van der Waals surface area contributed by atoms with Crippen LogP contribution in [0.15, 0.2) is 0 Å². The minimum absolute atomic E-state index is 0.639. The van der Waals surface area contributed by atoms with Crippen molar-refractivity contribution in [2.45, 2.75) is 167 Å². The lowest BCUT2D eigenvalue weighted by Gasteiger charge is -2.49. The maximum atomic E-state index is 12.2. The summed E-state index contributed by atoms with van der Waals surface area (Å²) in [6.45, 7) is -2.17. The zero-order valence-corrected chi connectivity index (χ0v) is 33.2. The van der Waals surface area contributed by atoms with Crippen molar-refractivity contribution in [1.82, 2.24) is 10.6 Å². The van der Waals surface area contributed by atoms with E-state index < -0.39 is 198 Å². The van der Waals surface area contributed by atoms with Crippen LogP contribution in [-0.2, 0) is 52.2 Å². The lowest BCUT2D eigenvalue weighted by atomic mass is 9.94. The Morgan fingerprint density at radius 1 is 0.419 bits per heavy atom. The molecule has 5 saturated heterocycles. The number of nitrogens with one attached hydrogen (secondary N) is 2. The van der Waals surface area contributed by atoms with Crippen LogP contribution in [0.5, 0.6) is 0 Å². The molecule has 0 aliphatic carbocycles. The van der Waals surface area contributed by atoms with Crippen LogP contribution in [0.2, 0.25) is 0 Å². The molecule has 5 aliphatic rings. The van der Waals surface area contributed by atoms with Gasteiger partial charge in [0.05, 0.1) is 33.0 Å². The van der Waals surface area contributed by atoms with E-state index >= 15 is 0 Å². The van der Waals surface area contributed by atoms with E-state index in [9.17, 15) is 86.2 Å². The first-order valence-corrected chi connectivity index (χ1v) is 19.6. The van der Waals surface area contributed by atoms with Gasteiger partial charge in [-0.3, -0.25) is 9.59 Å². The highest BCUT2D eigenvalue weighted by atomic mass is 16.8. The highest BCUT2D eigenvalue weighted by Crippen LogP contribution is 2.35. The van der Waals surface area contributed by atoms with Crippen LogP contribution >= 0.6 is 0 Å². The number of aliphatic hydroxyl groups is 15. The number of carbonyl (C=O) groups excluding carboxylic acids is 2. The molecule has 0 aromatic rings. The fourth-order valence-corrected chi connectivity index (χ4v) is 7.73. The molecule has 0 saturated carbocycles. The van der Waals surface area contributed by atoms with Gasteiger partial charge >= 0.3 is 0 Å². The lowest BCUT2D eigenvalue weighted by molar-refractivity contribution is -0.387. The monoisotopic (exact) mass is 910 g/mol. The third-order valence-corrected chi connectivity index (χ3v) is 11.1. The van der Waals surface area contributed by atoms with Gasteiger partial charge in [-0.1, -0.05) is 0 Å². The summed E-state index contributed by atoms with van der Waals surface area (Å²) in [6.07, 6.45) is -41.6. The molecule has 0 spiro atoms. The van der Waals surface area contributed by atoms with Crippen molar-refractivity contribution in [1.29, 1.82) is 0 Å². The van der Waals surface area contributed by atoms with Gasteiger partial charge in [-0.15, -0.1) is 0 Å². The third kappa shape index (κ3) is 11.0. The van der Waals surface area contributed by atoms with Gasteiger partial charge in [-0.25, -0.2) is 0 Å². The van der Waals surface area contributed by atoms with Gasteiger partial charge in [-0.05, 0) is 0 Å². The van der Waals surface area contributed by atoms with E-state index in [1.165, 1.54) is 0 Å². The Morgan fingerprint density at radius 2 is 0.839 bits per heavy atom. The van der Waals surface area contributed by atoms with E-state index in [1.54, 1.807) is 0 Å². The first kappa shape index (κ1) is 51.0. The molecule has 5 heterocycles. The van der Waals surface area contributed by atoms with Crippen LogP contribution in [0.25, 0.3) is 0 Å². The minimum Gasteiger partial charge on any atom is -0.394 e. The second-order valence-electron chi connectivity index (χ2n) is 15.5. The zero-order chi connectivity index (χ0) is 45.9. The quantitative estimate of drug-likeness (QED) is 0.0725. The maximum Gasteiger partial charge on any atom is 0.217 e. The van der Waals surface area contributed by atoms with Crippen molar-refractivity contribution in [3.63, 3.8) is 0 Å². The molecule has 5 rings (SSSR count). The van der Waals surface area contributed by atoms with Crippen LogP contribution in [-0.4, -0.2) is 275 Å². The molecule has 5 aliphatic heterocycles. The first-order valence-electron chi connectivity index (χ1n) is 19.6. The molecule has 1 unspecified atom stereocenters. The summed E-state index contributed by atoms with van der Waals surface area (Å²) in [7, 11) is 0. The first-order chi connectivity index (χ1) is 29.3. The molecule has 5 fully saturated rings. The van der Waals surface area contributed by atoms with Crippen LogP contribution in [0.1, 0.15) is 13.8 Å². The zero-order valence-electron chi connectivity index (χ0n) is 33.2. The van der Waals surface area contributed by atoms with Gasteiger partial charge < -0.3 is 130 Å². The standard InChI is InChI=1S/C34H58N2O26/c1-8(41)35-15-20(46)18(44)14(55-30(15)53)7-54-31-16(36-9(2)42)21(47)27(12(5-39)58-31)60-33-25(51)23(49)28(13(6-40)59-33)61-34-26(52)29(19(45)11(4-38)57-34)62-32-24(50)22(48)17(43)10(3-37)56-32/h10-34,37-40,43-53H,3-7H2,1-2H3,(H,35,41)(H,36,42)/t10-,11-,12-,13-,14-,15-,16-,17+,18+,19+,20-,21-,22+,23-,24-,25-,26-,27-,28+,29+,30?,31-,32-,33+,34-/m1/s1. The van der Waals surface area contributed by atoms with Crippen LogP contribution in [0.3, 0.4) is 0 Å². The van der Waals surface area contributed by atoms with E-state index in [0.29, 0.717) is 0 Å². The minimum atomic E-state index is -2.13. The fraction of sp³-hybridized carbons (Fsp3) is 0.941. The summed E-state index contributed by atoms with van der Waals surface area (Å²) in [5.41, 5.74) is 0. The summed E-state index contributed by atoms with van der Waals surface area (Å²) in [5, 5.41) is 163. The van der Waals surface area contributed by atoms with E-state index in [0.717, 1.165) is 13.8 Å². The number of rotatable bonds is 15. The van der Waals surface area contributed by atoms with Gasteiger partial charge in [0, 0.05) is 13.8 Å². The summed E-state index contributed by atoms with van der Waals surface area (Å²) in [4.78, 5) is 23.7. The van der Waals surface area contributed by atoms with Crippen molar-refractivity contribution in [2.24, 2.45) is 0 Å². The van der Waals surface area contributed by atoms with Crippen molar-refractivity contribution in [3.8, 4) is 0 Å².